The van der Waals surface area contributed by atoms with E-state index < -0.39 is 75.1 Å². The summed E-state index contributed by atoms with van der Waals surface area (Å²) in [5, 5.41) is 8.51. The zero-order valence-electron chi connectivity index (χ0n) is 30.5. The molecule has 0 aromatic heterocycles. The Bertz CT molecular complexity index is 1490. The van der Waals surface area contributed by atoms with E-state index in [1.165, 1.54) is 0 Å². The van der Waals surface area contributed by atoms with Gasteiger partial charge in [0.15, 0.2) is 0 Å². The number of benzene rings is 1. The summed E-state index contributed by atoms with van der Waals surface area (Å²) in [5.74, 6) is -3.22. The molecule has 2 saturated carbocycles. The standard InChI is InChI=1S/C37H57N5O7S/c1-7-15-28(31(43)35(46)38-23(2)24-16-10-8-11-17-24)39-34(45)30-27-21-14-20-26(27)22-42(30)36(47)32(37(3,4)5)40-33(44)29(41-50(6,48)49)25-18-12-9-13-19-25/h8,10-11,16-17,23,25-30,32,41H,7,9,12-15,18-22H2,1-6H3,(H,38,46)(H,39,45)(H,40,44)/t23-,26-,27?,28+,29+,30-,32+/m0/s1. The van der Waals surface area contributed by atoms with Crippen LogP contribution in [0.3, 0.4) is 0 Å². The quantitative estimate of drug-likeness (QED) is 0.214. The van der Waals surface area contributed by atoms with E-state index in [4.69, 9.17) is 0 Å². The average molecular weight is 716 g/mol. The number of rotatable bonds is 14. The molecular weight excluding hydrogens is 659 g/mol. The molecule has 1 unspecified atom stereocenters. The summed E-state index contributed by atoms with van der Waals surface area (Å²) in [5.41, 5.74) is 0.0665. The average Bonchev–Trinajstić information content (AvgIpc) is 3.67. The van der Waals surface area contributed by atoms with Gasteiger partial charge in [-0.2, -0.15) is 0 Å². The van der Waals surface area contributed by atoms with E-state index in [0.717, 1.165) is 50.3 Å². The molecule has 13 heteroatoms. The first-order chi connectivity index (χ1) is 23.5. The number of fused-ring (bicyclic) bond motifs is 1. The summed E-state index contributed by atoms with van der Waals surface area (Å²) in [4.78, 5) is 70.7. The van der Waals surface area contributed by atoms with Crippen LogP contribution in [0.2, 0.25) is 0 Å². The van der Waals surface area contributed by atoms with Crippen molar-refractivity contribution >= 4 is 39.4 Å². The fraction of sp³-hybridized carbons (Fsp3) is 0.703. The highest BCUT2D eigenvalue weighted by Crippen LogP contribution is 2.43. The maximum atomic E-state index is 14.5. The van der Waals surface area contributed by atoms with Crippen molar-refractivity contribution in [2.24, 2.45) is 23.2 Å². The Hall–Kier alpha value is -3.32. The van der Waals surface area contributed by atoms with Crippen LogP contribution in [-0.4, -0.2) is 79.7 Å². The smallest absolute Gasteiger partial charge is 0.290 e. The zero-order chi connectivity index (χ0) is 36.8. The van der Waals surface area contributed by atoms with Crippen LogP contribution < -0.4 is 20.7 Å². The number of ketones is 1. The van der Waals surface area contributed by atoms with Crippen LogP contribution in [0.25, 0.3) is 0 Å². The van der Waals surface area contributed by atoms with Crippen molar-refractivity contribution in [1.82, 2.24) is 25.6 Å². The third kappa shape index (κ3) is 9.92. The van der Waals surface area contributed by atoms with Crippen LogP contribution in [0.1, 0.15) is 110 Å². The third-order valence-corrected chi connectivity index (χ3v) is 11.3. The fourth-order valence-corrected chi connectivity index (χ4v) is 8.80. The maximum Gasteiger partial charge on any atom is 0.290 e. The molecule has 2 aliphatic carbocycles. The van der Waals surface area contributed by atoms with Crippen molar-refractivity contribution in [2.75, 3.05) is 12.8 Å². The minimum atomic E-state index is -3.72. The highest BCUT2D eigenvalue weighted by molar-refractivity contribution is 7.88. The lowest BCUT2D eigenvalue weighted by molar-refractivity contribution is -0.146. The summed E-state index contributed by atoms with van der Waals surface area (Å²) in [6.07, 6.45) is 8.54. The van der Waals surface area contributed by atoms with E-state index in [1.54, 1.807) is 11.8 Å². The van der Waals surface area contributed by atoms with E-state index in [9.17, 15) is 32.4 Å². The maximum absolute atomic E-state index is 14.5. The van der Waals surface area contributed by atoms with Gasteiger partial charge >= 0.3 is 0 Å². The second-order valence-corrected chi connectivity index (χ2v) is 17.5. The van der Waals surface area contributed by atoms with E-state index >= 15 is 0 Å². The Balaban J connectivity index is 1.54. The Morgan fingerprint density at radius 2 is 1.56 bits per heavy atom. The number of hydrogen-bond donors (Lipinski definition) is 4. The van der Waals surface area contributed by atoms with Crippen LogP contribution in [0.15, 0.2) is 30.3 Å². The molecule has 1 heterocycles. The van der Waals surface area contributed by atoms with Gasteiger partial charge in [-0.25, -0.2) is 13.1 Å². The number of nitrogens with zero attached hydrogens (tertiary/aromatic N) is 1. The van der Waals surface area contributed by atoms with Gasteiger partial charge in [0.1, 0.15) is 18.1 Å². The van der Waals surface area contributed by atoms with Crippen LogP contribution in [-0.2, 0) is 34.0 Å². The summed E-state index contributed by atoms with van der Waals surface area (Å²) < 4.78 is 27.2. The van der Waals surface area contributed by atoms with Crippen molar-refractivity contribution < 1.29 is 32.4 Å². The Labute approximate surface area is 297 Å². The summed E-state index contributed by atoms with van der Waals surface area (Å²) >= 11 is 0. The molecule has 1 saturated heterocycles. The van der Waals surface area contributed by atoms with Gasteiger partial charge in [0.05, 0.1) is 18.3 Å². The van der Waals surface area contributed by atoms with Crippen molar-refractivity contribution in [3.63, 3.8) is 0 Å². The minimum absolute atomic E-state index is 0.0863. The van der Waals surface area contributed by atoms with Gasteiger partial charge in [-0.3, -0.25) is 24.0 Å². The molecule has 3 aliphatic rings. The third-order valence-electron chi connectivity index (χ3n) is 10.7. The molecule has 4 N–H and O–H groups in total. The molecule has 1 aromatic rings. The van der Waals surface area contributed by atoms with E-state index in [0.29, 0.717) is 25.8 Å². The Morgan fingerprint density at radius 3 is 2.16 bits per heavy atom. The Kier molecular flexibility index (Phi) is 13.3. The SMILES string of the molecule is CCC[C@@H](NC(=O)[C@@H]1C2CCC[C@H]2CN1C(=O)[C@@H](NC(=O)[C@H](NS(C)(=O)=O)C1CCCCC1)C(C)(C)C)C(=O)C(=O)N[C@@H](C)c1ccccc1. The summed E-state index contributed by atoms with van der Waals surface area (Å²) in [7, 11) is -3.72. The van der Waals surface area contributed by atoms with Gasteiger partial charge in [0, 0.05) is 6.54 Å². The van der Waals surface area contributed by atoms with Crippen LogP contribution in [0.5, 0.6) is 0 Å². The topological polar surface area (TPSA) is 171 Å². The fourth-order valence-electron chi connectivity index (χ4n) is 8.04. The van der Waals surface area contributed by atoms with Gasteiger partial charge in [-0.1, -0.05) is 90.1 Å². The molecule has 0 radical (unpaired) electrons. The number of nitrogens with one attached hydrogen (secondary N) is 4. The lowest BCUT2D eigenvalue weighted by atomic mass is 9.82. The number of sulfonamides is 1. The van der Waals surface area contributed by atoms with Gasteiger partial charge in [-0.15, -0.1) is 0 Å². The molecule has 12 nitrogen and oxygen atoms in total. The highest BCUT2D eigenvalue weighted by atomic mass is 32.2. The zero-order valence-corrected chi connectivity index (χ0v) is 31.3. The van der Waals surface area contributed by atoms with E-state index in [-0.39, 0.29) is 24.2 Å². The van der Waals surface area contributed by atoms with Gasteiger partial charge < -0.3 is 20.9 Å². The number of hydrogen-bond acceptors (Lipinski definition) is 7. The normalized spacial score (nSPS) is 23.6. The van der Waals surface area contributed by atoms with Crippen LogP contribution in [0.4, 0.5) is 0 Å². The molecular formula is C37H57N5O7S. The molecule has 1 aromatic carbocycles. The minimum Gasteiger partial charge on any atom is -0.344 e. The Morgan fingerprint density at radius 1 is 0.900 bits per heavy atom. The number of carbonyl (C=O) groups excluding carboxylic acids is 5. The first-order valence-electron chi connectivity index (χ1n) is 18.3. The molecule has 278 valence electrons. The van der Waals surface area contributed by atoms with Gasteiger partial charge in [0.25, 0.3) is 5.91 Å². The molecule has 50 heavy (non-hydrogen) atoms. The van der Waals surface area contributed by atoms with E-state index in [2.05, 4.69) is 20.7 Å². The largest absolute Gasteiger partial charge is 0.344 e. The molecule has 0 spiro atoms. The summed E-state index contributed by atoms with van der Waals surface area (Å²) in [6.45, 7) is 9.46. The van der Waals surface area contributed by atoms with Crippen molar-refractivity contribution in [3.8, 4) is 0 Å². The lowest BCUT2D eigenvalue weighted by Crippen LogP contribution is -2.62. The molecule has 4 amide bonds. The second kappa shape index (κ2) is 16.8. The van der Waals surface area contributed by atoms with Crippen molar-refractivity contribution in [2.45, 2.75) is 129 Å². The molecule has 3 fully saturated rings. The van der Waals surface area contributed by atoms with Crippen LogP contribution in [0, 0.1) is 23.2 Å². The monoisotopic (exact) mass is 715 g/mol. The predicted octanol–water partition coefficient (Wildman–Crippen LogP) is 3.37. The number of carbonyl (C=O) groups is 5. The first-order valence-corrected chi connectivity index (χ1v) is 20.2. The predicted molar refractivity (Wildman–Crippen MR) is 191 cm³/mol. The number of Topliss-reactive ketones (excluding diaryl/α,β-unsaturated/α-hetero) is 1. The summed E-state index contributed by atoms with van der Waals surface area (Å²) in [6, 6.07) is 4.86. The molecule has 0 bridgehead atoms. The van der Waals surface area contributed by atoms with Crippen molar-refractivity contribution in [3.05, 3.63) is 35.9 Å². The second-order valence-electron chi connectivity index (χ2n) is 15.7. The van der Waals surface area contributed by atoms with Crippen LogP contribution >= 0.6 is 0 Å². The lowest BCUT2D eigenvalue weighted by Gasteiger charge is -2.38. The van der Waals surface area contributed by atoms with Gasteiger partial charge in [-0.05, 0) is 67.8 Å². The molecule has 7 atom stereocenters. The number of amides is 4. The van der Waals surface area contributed by atoms with E-state index in [1.807, 2.05) is 58.0 Å². The first kappa shape index (κ1) is 39.5. The molecule has 1 aliphatic heterocycles. The van der Waals surface area contributed by atoms with Gasteiger partial charge in [0.2, 0.25) is 33.5 Å². The highest BCUT2D eigenvalue weighted by Gasteiger charge is 2.52. The number of likely N-dealkylation sites (tertiary alicyclic amines) is 1. The molecule has 4 rings (SSSR count). The van der Waals surface area contributed by atoms with Crippen molar-refractivity contribution in [1.29, 1.82) is 0 Å².